The highest BCUT2D eigenvalue weighted by molar-refractivity contribution is 5.67. The third-order valence-electron chi connectivity index (χ3n) is 2.25. The number of hydrogen-bond donors (Lipinski definition) is 1. The normalized spacial score (nSPS) is 14.6. The van der Waals surface area contributed by atoms with Crippen molar-refractivity contribution in [1.29, 1.82) is 0 Å². The molecule has 0 bridgehead atoms. The fourth-order valence-corrected chi connectivity index (χ4v) is 1.55. The van der Waals surface area contributed by atoms with Gasteiger partial charge in [-0.25, -0.2) is 0 Å². The van der Waals surface area contributed by atoms with Crippen molar-refractivity contribution in [1.82, 2.24) is 0 Å². The van der Waals surface area contributed by atoms with Crippen LogP contribution in [0.5, 0.6) is 0 Å². The zero-order valence-corrected chi connectivity index (χ0v) is 9.42. The van der Waals surface area contributed by atoms with Gasteiger partial charge in [-0.2, -0.15) is 0 Å². The van der Waals surface area contributed by atoms with Gasteiger partial charge in [0.25, 0.3) is 0 Å². The molecule has 0 aromatic rings. The number of carboxylic acid groups (broad SMARTS) is 1. The van der Waals surface area contributed by atoms with Crippen molar-refractivity contribution in [2.75, 3.05) is 0 Å². The molecule has 0 fully saturated rings. The Labute approximate surface area is 81.3 Å². The molecular formula is C11H22O2. The summed E-state index contributed by atoms with van der Waals surface area (Å²) in [4.78, 5) is 10.6. The highest BCUT2D eigenvalue weighted by atomic mass is 16.4. The first kappa shape index (κ1) is 12.5. The van der Waals surface area contributed by atoms with Crippen LogP contribution >= 0.6 is 0 Å². The Balaban J connectivity index is 4.19. The van der Waals surface area contributed by atoms with Crippen LogP contribution in [0.1, 0.15) is 47.5 Å². The highest BCUT2D eigenvalue weighted by Gasteiger charge is 2.23. The molecule has 0 aliphatic carbocycles. The first-order valence-corrected chi connectivity index (χ1v) is 4.94. The van der Waals surface area contributed by atoms with E-state index >= 15 is 0 Å². The Hall–Kier alpha value is -0.530. The molecule has 0 heterocycles. The van der Waals surface area contributed by atoms with Crippen LogP contribution in [0.3, 0.4) is 0 Å². The van der Waals surface area contributed by atoms with Crippen LogP contribution in [-0.2, 0) is 4.79 Å². The Morgan fingerprint density at radius 3 is 2.00 bits per heavy atom. The minimum Gasteiger partial charge on any atom is -0.481 e. The molecule has 0 amide bonds. The minimum absolute atomic E-state index is 0.227. The van der Waals surface area contributed by atoms with Crippen LogP contribution in [0.2, 0.25) is 0 Å². The Kier molecular flexibility index (Phi) is 4.45. The number of rotatable bonds is 4. The Morgan fingerprint density at radius 1 is 1.31 bits per heavy atom. The zero-order valence-electron chi connectivity index (χ0n) is 9.42. The van der Waals surface area contributed by atoms with Gasteiger partial charge in [-0.05, 0) is 23.7 Å². The Morgan fingerprint density at radius 2 is 1.77 bits per heavy atom. The van der Waals surface area contributed by atoms with Gasteiger partial charge in [0, 0.05) is 6.42 Å². The average Bonchev–Trinajstić information content (AvgIpc) is 1.81. The van der Waals surface area contributed by atoms with Gasteiger partial charge in [0.2, 0.25) is 0 Å². The maximum absolute atomic E-state index is 10.6. The summed E-state index contributed by atoms with van der Waals surface area (Å²) in [5, 5.41) is 8.73. The van der Waals surface area contributed by atoms with E-state index in [-0.39, 0.29) is 5.41 Å². The molecule has 1 N–H and O–H groups in total. The van der Waals surface area contributed by atoms with Crippen molar-refractivity contribution in [3.8, 4) is 0 Å². The predicted molar refractivity (Wildman–Crippen MR) is 54.7 cm³/mol. The monoisotopic (exact) mass is 186 g/mol. The van der Waals surface area contributed by atoms with Gasteiger partial charge < -0.3 is 5.11 Å². The molecule has 0 aliphatic heterocycles. The van der Waals surface area contributed by atoms with Crippen molar-refractivity contribution in [3.05, 3.63) is 0 Å². The van der Waals surface area contributed by atoms with Crippen molar-refractivity contribution < 1.29 is 9.90 Å². The second-order valence-corrected chi connectivity index (χ2v) is 5.37. The van der Waals surface area contributed by atoms with Crippen LogP contribution < -0.4 is 0 Å². The van der Waals surface area contributed by atoms with Crippen molar-refractivity contribution in [3.63, 3.8) is 0 Å². The van der Waals surface area contributed by atoms with E-state index in [9.17, 15) is 4.79 Å². The second kappa shape index (κ2) is 4.64. The van der Waals surface area contributed by atoms with E-state index in [4.69, 9.17) is 5.11 Å². The largest absolute Gasteiger partial charge is 0.481 e. The van der Waals surface area contributed by atoms with Crippen LogP contribution in [0.15, 0.2) is 0 Å². The summed E-state index contributed by atoms with van der Waals surface area (Å²) in [6.07, 6.45) is 1.28. The fraction of sp³-hybridized carbons (Fsp3) is 0.909. The number of aliphatic carboxylic acids is 1. The molecule has 0 spiro atoms. The van der Waals surface area contributed by atoms with Crippen LogP contribution in [-0.4, -0.2) is 11.1 Å². The van der Waals surface area contributed by atoms with Gasteiger partial charge in [-0.15, -0.1) is 0 Å². The Bertz CT molecular complexity index is 165. The van der Waals surface area contributed by atoms with Crippen molar-refractivity contribution in [2.24, 2.45) is 17.3 Å². The number of carbonyl (C=O) groups is 1. The summed E-state index contributed by atoms with van der Waals surface area (Å²) in [5.41, 5.74) is 0.227. The van der Waals surface area contributed by atoms with Gasteiger partial charge >= 0.3 is 5.97 Å². The third kappa shape index (κ3) is 6.62. The minimum atomic E-state index is -0.678. The van der Waals surface area contributed by atoms with Crippen LogP contribution in [0.4, 0.5) is 0 Å². The topological polar surface area (TPSA) is 37.3 Å². The maximum atomic E-state index is 10.6. The number of carboxylic acids is 1. The SMILES string of the molecule is CC(C)C(CC(=O)O)CC(C)(C)C. The third-order valence-corrected chi connectivity index (χ3v) is 2.25. The molecule has 0 saturated heterocycles. The quantitative estimate of drug-likeness (QED) is 0.732. The van der Waals surface area contributed by atoms with Gasteiger partial charge in [-0.3, -0.25) is 4.79 Å². The average molecular weight is 186 g/mol. The molecule has 2 heteroatoms. The predicted octanol–water partition coefficient (Wildman–Crippen LogP) is 3.17. The van der Waals surface area contributed by atoms with Crippen molar-refractivity contribution >= 4 is 5.97 Å². The van der Waals surface area contributed by atoms with Crippen LogP contribution in [0.25, 0.3) is 0 Å². The summed E-state index contributed by atoms with van der Waals surface area (Å²) < 4.78 is 0. The van der Waals surface area contributed by atoms with E-state index in [1.807, 2.05) is 0 Å². The summed E-state index contributed by atoms with van der Waals surface area (Å²) >= 11 is 0. The van der Waals surface area contributed by atoms with E-state index in [1.54, 1.807) is 0 Å². The molecule has 2 nitrogen and oxygen atoms in total. The van der Waals surface area contributed by atoms with Gasteiger partial charge in [0.15, 0.2) is 0 Å². The summed E-state index contributed by atoms with van der Waals surface area (Å²) in [5.74, 6) is 0.0794. The van der Waals surface area contributed by atoms with E-state index in [1.165, 1.54) is 0 Å². The van der Waals surface area contributed by atoms with Crippen molar-refractivity contribution in [2.45, 2.75) is 47.5 Å². The first-order chi connectivity index (χ1) is 5.72. The lowest BCUT2D eigenvalue weighted by molar-refractivity contribution is -0.138. The molecule has 0 aliphatic rings. The lowest BCUT2D eigenvalue weighted by atomic mass is 9.78. The summed E-state index contributed by atoms with van der Waals surface area (Å²) in [6, 6.07) is 0. The summed E-state index contributed by atoms with van der Waals surface area (Å²) in [6.45, 7) is 10.7. The lowest BCUT2D eigenvalue weighted by Crippen LogP contribution is -2.20. The zero-order chi connectivity index (χ0) is 10.6. The molecule has 13 heavy (non-hydrogen) atoms. The summed E-state index contributed by atoms with van der Waals surface area (Å²) in [7, 11) is 0. The molecule has 1 unspecified atom stereocenters. The molecule has 0 saturated carbocycles. The van der Waals surface area contributed by atoms with E-state index in [2.05, 4.69) is 34.6 Å². The molecule has 78 valence electrons. The molecule has 0 aromatic carbocycles. The van der Waals surface area contributed by atoms with Gasteiger partial charge in [-0.1, -0.05) is 34.6 Å². The molecule has 0 aromatic heterocycles. The maximum Gasteiger partial charge on any atom is 0.303 e. The molecule has 1 atom stereocenters. The fourth-order valence-electron chi connectivity index (χ4n) is 1.55. The van der Waals surface area contributed by atoms with Crippen LogP contribution in [0, 0.1) is 17.3 Å². The van der Waals surface area contributed by atoms with Gasteiger partial charge in [0.05, 0.1) is 0 Å². The smallest absolute Gasteiger partial charge is 0.303 e. The van der Waals surface area contributed by atoms with E-state index < -0.39 is 5.97 Å². The highest BCUT2D eigenvalue weighted by Crippen LogP contribution is 2.30. The van der Waals surface area contributed by atoms with E-state index in [0.717, 1.165) is 6.42 Å². The van der Waals surface area contributed by atoms with Gasteiger partial charge in [0.1, 0.15) is 0 Å². The standard InChI is InChI=1S/C11H22O2/c1-8(2)9(6-10(12)13)7-11(3,4)5/h8-9H,6-7H2,1-5H3,(H,12,13). The molecule has 0 rings (SSSR count). The second-order valence-electron chi connectivity index (χ2n) is 5.37. The number of hydrogen-bond acceptors (Lipinski definition) is 1. The first-order valence-electron chi connectivity index (χ1n) is 4.94. The van der Waals surface area contributed by atoms with E-state index in [0.29, 0.717) is 18.3 Å². The molecule has 0 radical (unpaired) electrons. The molecular weight excluding hydrogens is 164 g/mol. The lowest BCUT2D eigenvalue weighted by Gasteiger charge is -2.27.